The van der Waals surface area contributed by atoms with Gasteiger partial charge in [0.15, 0.2) is 5.65 Å². The van der Waals surface area contributed by atoms with Crippen molar-refractivity contribution in [3.05, 3.63) is 58.8 Å². The molecule has 0 aliphatic carbocycles. The number of nitrogens with zero attached hydrogens (tertiary/aromatic N) is 3. The lowest BCUT2D eigenvalue weighted by atomic mass is 10.1. The summed E-state index contributed by atoms with van der Waals surface area (Å²) in [5.74, 6) is -0.164. The lowest BCUT2D eigenvalue weighted by molar-refractivity contribution is -0.115. The Morgan fingerprint density at radius 3 is 2.91 bits per heavy atom. The largest absolute Gasteiger partial charge is 0.323 e. The molecule has 5 nitrogen and oxygen atoms in total. The smallest absolute Gasteiger partial charge is 0.229 e. The maximum atomic E-state index is 13.7. The van der Waals surface area contributed by atoms with Crippen molar-refractivity contribution in [1.82, 2.24) is 14.6 Å². The Balaban J connectivity index is 1.85. The van der Waals surface area contributed by atoms with Crippen LogP contribution in [0.1, 0.15) is 11.4 Å². The number of aromatic nitrogens is 3. The number of rotatable bonds is 3. The fraction of sp³-hybridized carbons (Fsp3) is 0.133. The highest BCUT2D eigenvalue weighted by molar-refractivity contribution is 6.31. The molecule has 1 aromatic carbocycles. The molecule has 2 aromatic heterocycles. The highest BCUT2D eigenvalue weighted by atomic mass is 35.5. The molecule has 112 valence electrons. The molecule has 3 aromatic rings. The van der Waals surface area contributed by atoms with E-state index in [4.69, 9.17) is 11.6 Å². The fourth-order valence-corrected chi connectivity index (χ4v) is 2.41. The summed E-state index contributed by atoms with van der Waals surface area (Å²) >= 11 is 5.93. The normalized spacial score (nSPS) is 10.9. The Kier molecular flexibility index (Phi) is 3.77. The van der Waals surface area contributed by atoms with Crippen LogP contribution in [-0.2, 0) is 11.2 Å². The zero-order valence-electron chi connectivity index (χ0n) is 11.7. The Hall–Kier alpha value is -2.47. The molecule has 0 atom stereocenters. The van der Waals surface area contributed by atoms with Crippen LogP contribution in [0, 0.1) is 12.7 Å². The lowest BCUT2D eigenvalue weighted by Crippen LogP contribution is -2.16. The van der Waals surface area contributed by atoms with Crippen LogP contribution in [0.25, 0.3) is 5.65 Å². The molecule has 0 aliphatic heterocycles. The van der Waals surface area contributed by atoms with Crippen LogP contribution in [-0.4, -0.2) is 20.5 Å². The van der Waals surface area contributed by atoms with Crippen molar-refractivity contribution in [2.45, 2.75) is 13.3 Å². The Morgan fingerprint density at radius 1 is 1.32 bits per heavy atom. The van der Waals surface area contributed by atoms with E-state index in [9.17, 15) is 9.18 Å². The van der Waals surface area contributed by atoms with Crippen molar-refractivity contribution in [1.29, 1.82) is 0 Å². The Labute approximate surface area is 130 Å². The first-order valence-electron chi connectivity index (χ1n) is 6.59. The summed E-state index contributed by atoms with van der Waals surface area (Å²) < 4.78 is 15.5. The molecule has 0 spiro atoms. The molecule has 0 radical (unpaired) electrons. The number of fused-ring (bicyclic) bond motifs is 1. The van der Waals surface area contributed by atoms with Gasteiger partial charge in [-0.15, -0.1) is 10.2 Å². The highest BCUT2D eigenvalue weighted by Crippen LogP contribution is 2.21. The van der Waals surface area contributed by atoms with Crippen LogP contribution in [0.2, 0.25) is 5.02 Å². The van der Waals surface area contributed by atoms with Crippen molar-refractivity contribution < 1.29 is 9.18 Å². The van der Waals surface area contributed by atoms with Gasteiger partial charge in [-0.2, -0.15) is 0 Å². The molecule has 0 unspecified atom stereocenters. The molecule has 3 rings (SSSR count). The number of carbonyl (C=O) groups excluding carboxylic acids is 1. The van der Waals surface area contributed by atoms with Crippen LogP contribution in [0.3, 0.4) is 0 Å². The van der Waals surface area contributed by atoms with Crippen LogP contribution >= 0.6 is 11.6 Å². The number of benzene rings is 1. The van der Waals surface area contributed by atoms with Crippen molar-refractivity contribution >= 4 is 28.8 Å². The molecular formula is C15H12ClFN4O. The van der Waals surface area contributed by atoms with Crippen LogP contribution in [0.5, 0.6) is 0 Å². The zero-order chi connectivity index (χ0) is 15.7. The van der Waals surface area contributed by atoms with E-state index in [-0.39, 0.29) is 22.9 Å². The molecule has 1 amide bonds. The zero-order valence-corrected chi connectivity index (χ0v) is 12.4. The number of carbonyl (C=O) groups is 1. The third kappa shape index (κ3) is 2.65. The van der Waals surface area contributed by atoms with E-state index in [0.717, 1.165) is 0 Å². The van der Waals surface area contributed by atoms with E-state index in [1.807, 2.05) is 6.92 Å². The third-order valence-electron chi connectivity index (χ3n) is 3.28. The van der Waals surface area contributed by atoms with Crippen molar-refractivity contribution in [3.63, 3.8) is 0 Å². The van der Waals surface area contributed by atoms with Crippen molar-refractivity contribution in [3.8, 4) is 0 Å². The predicted molar refractivity (Wildman–Crippen MR) is 81.5 cm³/mol. The van der Waals surface area contributed by atoms with E-state index in [0.29, 0.717) is 17.2 Å². The van der Waals surface area contributed by atoms with Gasteiger partial charge in [0, 0.05) is 16.8 Å². The Bertz CT molecular complexity index is 842. The van der Waals surface area contributed by atoms with Crippen molar-refractivity contribution in [2.24, 2.45) is 0 Å². The van der Waals surface area contributed by atoms with Gasteiger partial charge in [-0.3, -0.25) is 9.20 Å². The molecule has 0 bridgehead atoms. The molecule has 2 heterocycles. The van der Waals surface area contributed by atoms with Gasteiger partial charge in [0.05, 0.1) is 12.1 Å². The van der Waals surface area contributed by atoms with Gasteiger partial charge in [-0.05, 0) is 31.2 Å². The predicted octanol–water partition coefficient (Wildman–Crippen LogP) is 3.01. The molecule has 1 N–H and O–H groups in total. The summed E-state index contributed by atoms with van der Waals surface area (Å²) in [5, 5.41) is 10.9. The molecule has 0 fully saturated rings. The maximum Gasteiger partial charge on any atom is 0.229 e. The molecule has 22 heavy (non-hydrogen) atoms. The summed E-state index contributed by atoms with van der Waals surface area (Å²) in [6.45, 7) is 1.81. The van der Waals surface area contributed by atoms with Gasteiger partial charge in [-0.25, -0.2) is 4.39 Å². The average Bonchev–Trinajstić information content (AvgIpc) is 2.86. The van der Waals surface area contributed by atoms with Crippen LogP contribution in [0.4, 0.5) is 10.1 Å². The molecular weight excluding hydrogens is 307 g/mol. The van der Waals surface area contributed by atoms with Gasteiger partial charge in [0.1, 0.15) is 11.6 Å². The standard InChI is InChI=1S/C15H12ClFN4O/c1-9-19-20-15-13(6-3-7-21(9)15)18-14(22)8-10-11(16)4-2-5-12(10)17/h2-7H,8H2,1H3,(H,18,22). The minimum Gasteiger partial charge on any atom is -0.323 e. The van der Waals surface area contributed by atoms with Gasteiger partial charge in [-0.1, -0.05) is 17.7 Å². The number of hydrogen-bond donors (Lipinski definition) is 1. The Morgan fingerprint density at radius 2 is 2.14 bits per heavy atom. The highest BCUT2D eigenvalue weighted by Gasteiger charge is 2.14. The van der Waals surface area contributed by atoms with Crippen LogP contribution < -0.4 is 5.32 Å². The number of pyridine rings is 1. The SMILES string of the molecule is Cc1nnc2c(NC(=O)Cc3c(F)cccc3Cl)cccn12. The minimum atomic E-state index is -0.501. The van der Waals surface area contributed by atoms with Crippen molar-refractivity contribution in [2.75, 3.05) is 5.32 Å². The number of hydrogen-bond acceptors (Lipinski definition) is 3. The molecule has 0 saturated heterocycles. The average molecular weight is 319 g/mol. The molecule has 0 saturated carbocycles. The third-order valence-corrected chi connectivity index (χ3v) is 3.63. The topological polar surface area (TPSA) is 59.3 Å². The van der Waals surface area contributed by atoms with E-state index in [1.165, 1.54) is 12.1 Å². The molecule has 7 heteroatoms. The number of nitrogens with one attached hydrogen (secondary N) is 1. The van der Waals surface area contributed by atoms with Gasteiger partial charge in [0.25, 0.3) is 0 Å². The maximum absolute atomic E-state index is 13.7. The monoisotopic (exact) mass is 318 g/mol. The first-order chi connectivity index (χ1) is 10.6. The summed E-state index contributed by atoms with van der Waals surface area (Å²) in [4.78, 5) is 12.1. The van der Waals surface area contributed by atoms with E-state index in [2.05, 4.69) is 15.5 Å². The minimum absolute atomic E-state index is 0.153. The first kappa shape index (κ1) is 14.5. The lowest BCUT2D eigenvalue weighted by Gasteiger charge is -2.08. The second-order valence-corrected chi connectivity index (χ2v) is 5.20. The van der Waals surface area contributed by atoms with E-state index in [1.54, 1.807) is 28.8 Å². The van der Waals surface area contributed by atoms with Gasteiger partial charge < -0.3 is 5.32 Å². The van der Waals surface area contributed by atoms with Gasteiger partial charge in [0.2, 0.25) is 5.91 Å². The summed E-state index contributed by atoms with van der Waals surface area (Å²) in [7, 11) is 0. The summed E-state index contributed by atoms with van der Waals surface area (Å²) in [5.41, 5.74) is 1.22. The van der Waals surface area contributed by atoms with Gasteiger partial charge >= 0.3 is 0 Å². The number of aryl methyl sites for hydroxylation is 1. The second-order valence-electron chi connectivity index (χ2n) is 4.79. The number of anilines is 1. The van der Waals surface area contributed by atoms with E-state index < -0.39 is 5.82 Å². The summed E-state index contributed by atoms with van der Waals surface area (Å²) in [6.07, 6.45) is 1.65. The first-order valence-corrected chi connectivity index (χ1v) is 6.97. The number of amides is 1. The van der Waals surface area contributed by atoms with Crippen LogP contribution in [0.15, 0.2) is 36.5 Å². The second kappa shape index (κ2) is 5.73. The summed E-state index contributed by atoms with van der Waals surface area (Å²) in [6, 6.07) is 7.81. The quantitative estimate of drug-likeness (QED) is 0.807. The number of halogens is 2. The van der Waals surface area contributed by atoms with E-state index >= 15 is 0 Å². The molecule has 0 aliphatic rings. The fourth-order valence-electron chi connectivity index (χ4n) is 2.19.